The zero-order chi connectivity index (χ0) is 16.5. The van der Waals surface area contributed by atoms with Gasteiger partial charge < -0.3 is 11.1 Å². The lowest BCUT2D eigenvalue weighted by atomic mass is 9.84. The van der Waals surface area contributed by atoms with Crippen molar-refractivity contribution in [3.63, 3.8) is 0 Å². The number of pyridine rings is 1. The summed E-state index contributed by atoms with van der Waals surface area (Å²) in [5.41, 5.74) is 9.57. The SMILES string of the molecule is Cl.Cl.NC1C2CCC(C2)C1C(=O)Nc1ccc(Cc2ccncc2)cc1. The van der Waals surface area contributed by atoms with Gasteiger partial charge in [0.25, 0.3) is 0 Å². The second-order valence-electron chi connectivity index (χ2n) is 7.15. The molecule has 2 fully saturated rings. The Kier molecular flexibility index (Phi) is 7.04. The van der Waals surface area contributed by atoms with Crippen LogP contribution in [0, 0.1) is 17.8 Å². The zero-order valence-corrected chi connectivity index (χ0v) is 16.1. The van der Waals surface area contributed by atoms with Gasteiger partial charge in [-0.3, -0.25) is 9.78 Å². The van der Waals surface area contributed by atoms with E-state index in [-0.39, 0.29) is 42.7 Å². The highest BCUT2D eigenvalue weighted by Gasteiger charge is 2.49. The van der Waals surface area contributed by atoms with Crippen molar-refractivity contribution in [1.82, 2.24) is 4.98 Å². The Morgan fingerprint density at radius 3 is 2.23 bits per heavy atom. The van der Waals surface area contributed by atoms with Crippen LogP contribution in [-0.4, -0.2) is 16.9 Å². The minimum absolute atomic E-state index is 0. The highest BCUT2D eigenvalue weighted by molar-refractivity contribution is 5.93. The van der Waals surface area contributed by atoms with E-state index in [2.05, 4.69) is 22.4 Å². The molecular weight excluding hydrogens is 369 g/mol. The topological polar surface area (TPSA) is 68.0 Å². The first kappa shape index (κ1) is 20.7. The van der Waals surface area contributed by atoms with Gasteiger partial charge in [-0.1, -0.05) is 12.1 Å². The summed E-state index contributed by atoms with van der Waals surface area (Å²) < 4.78 is 0. The van der Waals surface area contributed by atoms with Gasteiger partial charge in [0.2, 0.25) is 5.91 Å². The first-order chi connectivity index (χ1) is 11.7. The molecule has 2 aliphatic carbocycles. The number of hydrogen-bond acceptors (Lipinski definition) is 3. The second-order valence-corrected chi connectivity index (χ2v) is 7.15. The maximum Gasteiger partial charge on any atom is 0.229 e. The van der Waals surface area contributed by atoms with E-state index in [1.54, 1.807) is 0 Å². The smallest absolute Gasteiger partial charge is 0.229 e. The molecule has 140 valence electrons. The molecule has 6 heteroatoms. The van der Waals surface area contributed by atoms with Crippen molar-refractivity contribution in [3.05, 3.63) is 59.9 Å². The highest BCUT2D eigenvalue weighted by Crippen LogP contribution is 2.47. The molecule has 2 saturated carbocycles. The fourth-order valence-corrected chi connectivity index (χ4v) is 4.39. The van der Waals surface area contributed by atoms with Crippen LogP contribution in [0.2, 0.25) is 0 Å². The first-order valence-electron chi connectivity index (χ1n) is 8.75. The zero-order valence-electron chi connectivity index (χ0n) is 14.5. The van der Waals surface area contributed by atoms with Crippen molar-refractivity contribution in [2.24, 2.45) is 23.5 Å². The maximum absolute atomic E-state index is 12.6. The van der Waals surface area contributed by atoms with Crippen LogP contribution in [0.1, 0.15) is 30.4 Å². The number of fused-ring (bicyclic) bond motifs is 2. The fraction of sp³-hybridized carbons (Fsp3) is 0.400. The van der Waals surface area contributed by atoms with E-state index in [0.29, 0.717) is 11.8 Å². The summed E-state index contributed by atoms with van der Waals surface area (Å²) in [5, 5.41) is 3.06. The molecule has 4 rings (SSSR count). The molecule has 0 spiro atoms. The van der Waals surface area contributed by atoms with Crippen molar-refractivity contribution < 1.29 is 4.79 Å². The van der Waals surface area contributed by atoms with E-state index < -0.39 is 0 Å². The van der Waals surface area contributed by atoms with Gasteiger partial charge in [0, 0.05) is 24.1 Å². The first-order valence-corrected chi connectivity index (χ1v) is 8.75. The summed E-state index contributed by atoms with van der Waals surface area (Å²) >= 11 is 0. The van der Waals surface area contributed by atoms with E-state index in [1.807, 2.05) is 36.7 Å². The molecule has 0 aliphatic heterocycles. The molecule has 1 heterocycles. The average Bonchev–Trinajstić information content (AvgIpc) is 3.18. The van der Waals surface area contributed by atoms with E-state index >= 15 is 0 Å². The van der Waals surface area contributed by atoms with E-state index in [9.17, 15) is 4.79 Å². The summed E-state index contributed by atoms with van der Waals surface area (Å²) in [5.74, 6) is 1.11. The predicted molar refractivity (Wildman–Crippen MR) is 109 cm³/mol. The van der Waals surface area contributed by atoms with Crippen LogP contribution in [0.5, 0.6) is 0 Å². The van der Waals surface area contributed by atoms with Crippen molar-refractivity contribution in [2.45, 2.75) is 31.7 Å². The molecule has 1 aromatic heterocycles. The van der Waals surface area contributed by atoms with Gasteiger partial charge in [0.15, 0.2) is 0 Å². The number of hydrogen-bond donors (Lipinski definition) is 2. The largest absolute Gasteiger partial charge is 0.327 e. The maximum atomic E-state index is 12.6. The van der Waals surface area contributed by atoms with Gasteiger partial charge in [0.05, 0.1) is 5.92 Å². The van der Waals surface area contributed by atoms with Crippen LogP contribution in [0.15, 0.2) is 48.8 Å². The van der Waals surface area contributed by atoms with Crippen LogP contribution in [0.25, 0.3) is 0 Å². The quantitative estimate of drug-likeness (QED) is 0.828. The Labute approximate surface area is 166 Å². The van der Waals surface area contributed by atoms with Gasteiger partial charge in [-0.25, -0.2) is 0 Å². The minimum atomic E-state index is -0.0137. The van der Waals surface area contributed by atoms with E-state index in [4.69, 9.17) is 5.73 Å². The minimum Gasteiger partial charge on any atom is -0.327 e. The molecule has 26 heavy (non-hydrogen) atoms. The third-order valence-corrected chi connectivity index (χ3v) is 5.66. The van der Waals surface area contributed by atoms with Crippen LogP contribution in [-0.2, 0) is 11.2 Å². The Hall–Kier alpha value is -1.62. The third kappa shape index (κ3) is 4.20. The molecule has 3 N–H and O–H groups in total. The molecule has 0 saturated heterocycles. The number of nitrogens with two attached hydrogens (primary N) is 1. The lowest BCUT2D eigenvalue weighted by Gasteiger charge is -2.27. The molecule has 2 aliphatic rings. The average molecular weight is 394 g/mol. The summed E-state index contributed by atoms with van der Waals surface area (Å²) in [6.45, 7) is 0. The lowest BCUT2D eigenvalue weighted by molar-refractivity contribution is -0.121. The van der Waals surface area contributed by atoms with Crippen LogP contribution < -0.4 is 11.1 Å². The Bertz CT molecular complexity index is 722. The molecule has 0 radical (unpaired) electrons. The number of aromatic nitrogens is 1. The molecule has 1 aromatic carbocycles. The van der Waals surface area contributed by atoms with Crippen molar-refractivity contribution >= 4 is 36.4 Å². The van der Waals surface area contributed by atoms with Gasteiger partial charge in [0.1, 0.15) is 0 Å². The van der Waals surface area contributed by atoms with E-state index in [1.165, 1.54) is 17.5 Å². The standard InChI is InChI=1S/C20H23N3O.2ClH/c21-19-16-4-3-15(12-16)18(19)20(24)23-17-5-1-13(2-6-17)11-14-7-9-22-10-8-14;;/h1-2,5-10,15-16,18-19H,3-4,11-12,21H2,(H,23,24);2*1H. The summed E-state index contributed by atoms with van der Waals surface area (Å²) in [7, 11) is 0. The molecule has 2 bridgehead atoms. The highest BCUT2D eigenvalue weighted by atomic mass is 35.5. The normalized spacial score (nSPS) is 25.9. The van der Waals surface area contributed by atoms with Crippen molar-refractivity contribution in [3.8, 4) is 0 Å². The lowest BCUT2D eigenvalue weighted by Crippen LogP contribution is -2.42. The number of nitrogens with zero attached hydrogens (tertiary/aromatic N) is 1. The number of amides is 1. The second kappa shape index (κ2) is 8.85. The van der Waals surface area contributed by atoms with Gasteiger partial charge in [-0.05, 0) is 72.9 Å². The van der Waals surface area contributed by atoms with Crippen molar-refractivity contribution in [1.29, 1.82) is 0 Å². The number of carbonyl (C=O) groups excluding carboxylic acids is 1. The Balaban J connectivity index is 0.00000121. The Morgan fingerprint density at radius 2 is 1.62 bits per heavy atom. The monoisotopic (exact) mass is 393 g/mol. The van der Waals surface area contributed by atoms with Crippen LogP contribution >= 0.6 is 24.8 Å². The number of nitrogens with one attached hydrogen (secondary N) is 1. The Morgan fingerprint density at radius 1 is 1.00 bits per heavy atom. The van der Waals surface area contributed by atoms with Gasteiger partial charge >= 0.3 is 0 Å². The fourth-order valence-electron chi connectivity index (χ4n) is 4.39. The molecule has 4 nitrogen and oxygen atoms in total. The summed E-state index contributed by atoms with van der Waals surface area (Å²) in [6.07, 6.45) is 7.96. The van der Waals surface area contributed by atoms with Crippen LogP contribution in [0.3, 0.4) is 0 Å². The molecule has 4 unspecified atom stereocenters. The molecule has 1 amide bonds. The van der Waals surface area contributed by atoms with Gasteiger partial charge in [-0.2, -0.15) is 0 Å². The van der Waals surface area contributed by atoms with Crippen LogP contribution in [0.4, 0.5) is 5.69 Å². The molecule has 2 aromatic rings. The number of halogens is 2. The van der Waals surface area contributed by atoms with Crippen molar-refractivity contribution in [2.75, 3.05) is 5.32 Å². The number of rotatable bonds is 4. The molecule has 4 atom stereocenters. The van der Waals surface area contributed by atoms with Gasteiger partial charge in [-0.15, -0.1) is 24.8 Å². The molecular formula is C20H25Cl2N3O. The summed E-state index contributed by atoms with van der Waals surface area (Å²) in [6, 6.07) is 12.2. The number of benzene rings is 1. The van der Waals surface area contributed by atoms with E-state index in [0.717, 1.165) is 24.9 Å². The summed E-state index contributed by atoms with van der Waals surface area (Å²) in [4.78, 5) is 16.6. The third-order valence-electron chi connectivity index (χ3n) is 5.66. The predicted octanol–water partition coefficient (Wildman–Crippen LogP) is 3.83. The number of anilines is 1. The number of carbonyl (C=O) groups is 1.